The van der Waals surface area contributed by atoms with Crippen LogP contribution in [0.15, 0.2) is 27.0 Å². The van der Waals surface area contributed by atoms with Gasteiger partial charge >= 0.3 is 5.97 Å². The maximum absolute atomic E-state index is 13.0. The van der Waals surface area contributed by atoms with E-state index in [1.54, 1.807) is 7.05 Å². The fraction of sp³-hybridized carbons (Fsp3) is 0.412. The van der Waals surface area contributed by atoms with Crippen LogP contribution in [0.4, 0.5) is 5.13 Å². The van der Waals surface area contributed by atoms with Crippen molar-refractivity contribution in [3.63, 3.8) is 0 Å². The number of aromatic nitrogens is 5. The number of amides is 2. The Kier molecular flexibility index (Phi) is 10.9. The number of halogens is 2. The minimum atomic E-state index is -1.23. The fourth-order valence-electron chi connectivity index (χ4n) is 3.26. The van der Waals surface area contributed by atoms with E-state index in [0.717, 1.165) is 11.3 Å². The number of carbonyl (C=O) groups is 3. The van der Waals surface area contributed by atoms with E-state index in [1.807, 2.05) is 0 Å². The summed E-state index contributed by atoms with van der Waals surface area (Å²) >= 11 is 3.73. The van der Waals surface area contributed by atoms with Crippen LogP contribution in [0.25, 0.3) is 0 Å². The number of hydrogen-bond donors (Lipinski definition) is 4. The van der Waals surface area contributed by atoms with Crippen LogP contribution in [0.1, 0.15) is 5.69 Å². The molecular formula is C17H22Cl2N10O5S3. The maximum atomic E-state index is 13.0. The molecule has 0 aliphatic carbocycles. The molecule has 37 heavy (non-hydrogen) atoms. The summed E-state index contributed by atoms with van der Waals surface area (Å²) in [5.41, 5.74) is 11.5. The zero-order valence-corrected chi connectivity index (χ0v) is 23.0. The molecule has 202 valence electrons. The molecule has 2 aromatic heterocycles. The number of nitrogen functional groups attached to an aromatic ring is 1. The van der Waals surface area contributed by atoms with E-state index in [2.05, 4.69) is 31.0 Å². The first kappa shape index (κ1) is 30.6. The minimum Gasteiger partial charge on any atom is -0.477 e. The van der Waals surface area contributed by atoms with Gasteiger partial charge in [-0.3, -0.25) is 14.5 Å². The molecule has 6 N–H and O–H groups in total. The van der Waals surface area contributed by atoms with Crippen molar-refractivity contribution in [1.82, 2.24) is 35.4 Å². The zero-order chi connectivity index (χ0) is 25.1. The predicted octanol–water partition coefficient (Wildman–Crippen LogP) is -0.697. The molecule has 4 rings (SSSR count). The van der Waals surface area contributed by atoms with Gasteiger partial charge in [0.25, 0.3) is 11.8 Å². The highest BCUT2D eigenvalue weighted by molar-refractivity contribution is 8.01. The molecule has 1 fully saturated rings. The first-order chi connectivity index (χ1) is 16.8. The van der Waals surface area contributed by atoms with Gasteiger partial charge in [-0.2, -0.15) is 0 Å². The molecule has 2 amide bonds. The van der Waals surface area contributed by atoms with Crippen LogP contribution in [0.5, 0.6) is 0 Å². The van der Waals surface area contributed by atoms with Crippen LogP contribution < -0.4 is 16.8 Å². The van der Waals surface area contributed by atoms with Crippen LogP contribution in [-0.4, -0.2) is 94.8 Å². The number of thioether (sulfide) groups is 2. The van der Waals surface area contributed by atoms with Crippen LogP contribution in [-0.2, 0) is 26.3 Å². The summed E-state index contributed by atoms with van der Waals surface area (Å²) in [4.78, 5) is 48.2. The number of carbonyl (C=O) groups excluding carboxylic acids is 2. The molecule has 0 bridgehead atoms. The highest BCUT2D eigenvalue weighted by atomic mass is 35.5. The Hall–Kier alpha value is -2.64. The molecule has 2 atom stereocenters. The molecule has 20 heteroatoms. The molecule has 2 aliphatic heterocycles. The smallest absolute Gasteiger partial charge is 0.352 e. The lowest BCUT2D eigenvalue weighted by molar-refractivity contribution is -0.150. The largest absolute Gasteiger partial charge is 0.477 e. The summed E-state index contributed by atoms with van der Waals surface area (Å²) in [7, 11) is 1.67. The minimum absolute atomic E-state index is 0. The van der Waals surface area contributed by atoms with Gasteiger partial charge in [-0.05, 0) is 16.0 Å². The van der Waals surface area contributed by atoms with Crippen molar-refractivity contribution in [1.29, 1.82) is 0 Å². The Morgan fingerprint density at radius 3 is 2.76 bits per heavy atom. The number of carboxylic acids is 1. The van der Waals surface area contributed by atoms with Gasteiger partial charge in [0.15, 0.2) is 10.8 Å². The number of thiazole rings is 1. The van der Waals surface area contributed by atoms with Gasteiger partial charge in [-0.15, -0.1) is 53.0 Å². The molecule has 0 saturated carbocycles. The molecule has 0 radical (unpaired) electrons. The summed E-state index contributed by atoms with van der Waals surface area (Å²) in [5, 5.41) is 29.1. The van der Waals surface area contributed by atoms with E-state index < -0.39 is 29.2 Å². The quantitative estimate of drug-likeness (QED) is 0.0858. The number of nitrogens with one attached hydrogen (secondary N) is 1. The number of fused-ring (bicyclic) bond motifs is 1. The van der Waals surface area contributed by atoms with E-state index >= 15 is 0 Å². The van der Waals surface area contributed by atoms with E-state index in [4.69, 9.17) is 16.3 Å². The Morgan fingerprint density at radius 1 is 1.41 bits per heavy atom. The fourth-order valence-corrected chi connectivity index (χ4v) is 6.15. The summed E-state index contributed by atoms with van der Waals surface area (Å²) in [6.45, 7) is 0.257. The average molecular weight is 614 g/mol. The first-order valence-electron chi connectivity index (χ1n) is 9.99. The van der Waals surface area contributed by atoms with E-state index in [-0.39, 0.29) is 66.0 Å². The topological polar surface area (TPSA) is 217 Å². The van der Waals surface area contributed by atoms with Gasteiger partial charge in [-0.25, -0.2) is 14.5 Å². The van der Waals surface area contributed by atoms with Crippen LogP contribution in [0, 0.1) is 0 Å². The third kappa shape index (κ3) is 6.44. The Bertz CT molecular complexity index is 1220. The molecule has 15 nitrogen and oxygen atoms in total. The molecule has 1 unspecified atom stereocenters. The second kappa shape index (κ2) is 13.2. The number of β-lactam (4-membered cyclic amide) rings is 1. The third-order valence-corrected chi connectivity index (χ3v) is 7.95. The number of nitrogens with two attached hydrogens (primary N) is 2. The maximum Gasteiger partial charge on any atom is 0.352 e. The molecule has 4 heterocycles. The normalized spacial score (nSPS) is 18.8. The van der Waals surface area contributed by atoms with Crippen LogP contribution in [0.3, 0.4) is 0 Å². The Labute approximate surface area is 234 Å². The second-order valence-electron chi connectivity index (χ2n) is 7.12. The van der Waals surface area contributed by atoms with Crippen LogP contribution >= 0.6 is 59.7 Å². The van der Waals surface area contributed by atoms with Crippen molar-refractivity contribution in [2.24, 2.45) is 17.9 Å². The standard InChI is InChI=1S/C17H20N10O5S3.2ClH/c1-26-17(22-24-25-26)35-5-7-4-33-14-10(13(29)27(14)11(7)15(30)31)21-12(28)9(23-32-3-2-18)8-6-34-16(19)20-8;;/h6,10,14H,2-5,18H2,1H3,(H2,19,20)(H,21,28)(H,30,31);2*1H/t10?,14-;;/m1../s1. The molecule has 0 aromatic carbocycles. The number of rotatable bonds is 10. The number of nitrogens with zero attached hydrogens (tertiary/aromatic N) is 7. The monoisotopic (exact) mass is 612 g/mol. The van der Waals surface area contributed by atoms with Gasteiger partial charge in [0.2, 0.25) is 5.16 Å². The number of aliphatic carboxylic acids is 1. The lowest BCUT2D eigenvalue weighted by Crippen LogP contribution is -2.71. The summed E-state index contributed by atoms with van der Waals surface area (Å²) in [5.74, 6) is -1.84. The summed E-state index contributed by atoms with van der Waals surface area (Å²) in [6.07, 6.45) is 0. The van der Waals surface area contributed by atoms with E-state index in [9.17, 15) is 19.5 Å². The summed E-state index contributed by atoms with van der Waals surface area (Å²) in [6, 6.07) is -0.949. The molecule has 1 saturated heterocycles. The molecule has 2 aromatic rings. The predicted molar refractivity (Wildman–Crippen MR) is 142 cm³/mol. The van der Waals surface area contributed by atoms with Gasteiger partial charge in [0.05, 0.1) is 0 Å². The number of tetrazole rings is 1. The Balaban J connectivity index is 0.00000241. The van der Waals surface area contributed by atoms with Crippen molar-refractivity contribution in [3.8, 4) is 0 Å². The number of oxime groups is 1. The van der Waals surface area contributed by atoms with E-state index in [1.165, 1.54) is 38.5 Å². The summed E-state index contributed by atoms with van der Waals surface area (Å²) < 4.78 is 1.47. The number of hydrogen-bond acceptors (Lipinski definition) is 14. The Morgan fingerprint density at radius 2 is 2.16 bits per heavy atom. The first-order valence-corrected chi connectivity index (χ1v) is 12.9. The van der Waals surface area contributed by atoms with Gasteiger partial charge in [-0.1, -0.05) is 16.9 Å². The lowest BCUT2D eigenvalue weighted by atomic mass is 10.0. The highest BCUT2D eigenvalue weighted by Gasteiger charge is 2.54. The van der Waals surface area contributed by atoms with Crippen molar-refractivity contribution >= 4 is 88.3 Å². The second-order valence-corrected chi connectivity index (χ2v) is 10.1. The SMILES string of the molecule is Cl.Cl.Cn1nnnc1SCC1=C(C(=O)O)N2C(=O)C(NC(=O)C(=NOCCN)c3csc(N)n3)[C@H]2SC1. The average Bonchev–Trinajstić information content (AvgIpc) is 3.45. The van der Waals surface area contributed by atoms with Crippen LogP contribution in [0.2, 0.25) is 0 Å². The van der Waals surface area contributed by atoms with Gasteiger partial charge in [0.1, 0.15) is 29.4 Å². The van der Waals surface area contributed by atoms with Crippen molar-refractivity contribution < 1.29 is 24.3 Å². The highest BCUT2D eigenvalue weighted by Crippen LogP contribution is 2.41. The number of carboxylic acid groups (broad SMARTS) is 1. The van der Waals surface area contributed by atoms with Crippen molar-refractivity contribution in [2.45, 2.75) is 16.6 Å². The van der Waals surface area contributed by atoms with Gasteiger partial charge in [0, 0.05) is 30.5 Å². The number of aryl methyl sites for hydroxylation is 1. The molecule has 2 aliphatic rings. The van der Waals surface area contributed by atoms with Crippen molar-refractivity contribution in [3.05, 3.63) is 22.3 Å². The number of anilines is 1. The van der Waals surface area contributed by atoms with E-state index in [0.29, 0.717) is 16.5 Å². The molecular weight excluding hydrogens is 591 g/mol. The zero-order valence-electron chi connectivity index (χ0n) is 19.0. The molecule has 0 spiro atoms. The third-order valence-electron chi connectivity index (χ3n) is 4.84. The van der Waals surface area contributed by atoms with Gasteiger partial charge < -0.3 is 26.7 Å². The lowest BCUT2D eigenvalue weighted by Gasteiger charge is -2.49. The van der Waals surface area contributed by atoms with Crippen molar-refractivity contribution in [2.75, 3.05) is 30.4 Å².